The summed E-state index contributed by atoms with van der Waals surface area (Å²) in [5.41, 5.74) is 0. The van der Waals surface area contributed by atoms with Gasteiger partial charge in [0, 0.05) is 0 Å². The summed E-state index contributed by atoms with van der Waals surface area (Å²) in [7, 11) is 5.82. The van der Waals surface area contributed by atoms with Crippen LogP contribution in [-0.4, -0.2) is 32.4 Å². The Morgan fingerprint density at radius 2 is 1.88 bits per heavy atom. The summed E-state index contributed by atoms with van der Waals surface area (Å²) in [6.07, 6.45) is 1.17. The molecule has 0 N–H and O–H groups in total. The van der Waals surface area contributed by atoms with Crippen LogP contribution in [0.2, 0.25) is 0 Å². The van der Waals surface area contributed by atoms with E-state index in [1.807, 2.05) is 14.1 Å². The summed E-state index contributed by atoms with van der Waals surface area (Å²) in [5.74, 6) is 0. The Balaban J connectivity index is 3.37. The maximum absolute atomic E-state index is 5.12. The van der Waals surface area contributed by atoms with Gasteiger partial charge in [-0.25, -0.2) is 4.84 Å². The minimum absolute atomic E-state index is 0.663. The highest BCUT2D eigenvalue weighted by Gasteiger charge is 2.10. The third-order valence-corrected chi connectivity index (χ3v) is 1.26. The Hall–Kier alpha value is -0.0800. The number of hydroxylamine groups is 3. The number of nitrogens with zero attached hydrogens (tertiary/aromatic N) is 1. The van der Waals surface area contributed by atoms with Crippen molar-refractivity contribution in [2.24, 2.45) is 0 Å². The van der Waals surface area contributed by atoms with E-state index in [0.717, 1.165) is 6.54 Å². The van der Waals surface area contributed by atoms with Crippen LogP contribution in [0.15, 0.2) is 0 Å². The first-order valence-electron chi connectivity index (χ1n) is 3.01. The van der Waals surface area contributed by atoms with Crippen molar-refractivity contribution in [2.45, 2.75) is 13.3 Å². The minimum atomic E-state index is 0.663. The summed E-state index contributed by atoms with van der Waals surface area (Å²) in [6.45, 7) is 3.23. The van der Waals surface area contributed by atoms with Gasteiger partial charge in [-0.2, -0.15) is 4.65 Å². The van der Waals surface area contributed by atoms with Gasteiger partial charge in [0.15, 0.2) is 0 Å². The van der Waals surface area contributed by atoms with Crippen LogP contribution in [0.1, 0.15) is 13.3 Å². The Morgan fingerprint density at radius 1 is 1.38 bits per heavy atom. The van der Waals surface area contributed by atoms with Gasteiger partial charge >= 0.3 is 0 Å². The van der Waals surface area contributed by atoms with Crippen molar-refractivity contribution in [1.82, 2.24) is 0 Å². The largest absolute Gasteiger partial charge is 0.207 e. The molecule has 0 unspecified atom stereocenters. The number of rotatable bonds is 3. The Labute approximate surface area is 51.6 Å². The van der Waals surface area contributed by atoms with Gasteiger partial charge < -0.3 is 0 Å². The van der Waals surface area contributed by atoms with Gasteiger partial charge in [0.25, 0.3) is 0 Å². The van der Waals surface area contributed by atoms with Crippen molar-refractivity contribution in [3.05, 3.63) is 0 Å². The summed E-state index contributed by atoms with van der Waals surface area (Å²) >= 11 is 0. The van der Waals surface area contributed by atoms with Crippen LogP contribution in [0.5, 0.6) is 0 Å². The molecular weight excluding hydrogens is 102 g/mol. The van der Waals surface area contributed by atoms with Crippen LogP contribution in [0.25, 0.3) is 0 Å². The lowest BCUT2D eigenvalue weighted by Gasteiger charge is -2.23. The van der Waals surface area contributed by atoms with Gasteiger partial charge in [0.1, 0.15) is 6.54 Å². The van der Waals surface area contributed by atoms with Gasteiger partial charge in [0.2, 0.25) is 0 Å². The molecule has 2 heteroatoms. The van der Waals surface area contributed by atoms with Crippen molar-refractivity contribution in [3.63, 3.8) is 0 Å². The first kappa shape index (κ1) is 7.92. The fraction of sp³-hybridized carbons (Fsp3) is 1.00. The quantitative estimate of drug-likeness (QED) is 0.397. The highest BCUT2D eigenvalue weighted by Crippen LogP contribution is 1.96. The second-order valence-electron chi connectivity index (χ2n) is 2.48. The lowest BCUT2D eigenvalue weighted by atomic mass is 10.4. The molecule has 0 aliphatic rings. The molecule has 0 radical (unpaired) electrons. The standard InChI is InChI=1S/C6H16NO/c1-5-6-7(2,3)8-4/h5-6H2,1-4H3/q+1. The van der Waals surface area contributed by atoms with Crippen LogP contribution in [0.4, 0.5) is 0 Å². The van der Waals surface area contributed by atoms with E-state index in [1.54, 1.807) is 7.11 Å². The van der Waals surface area contributed by atoms with E-state index in [-0.39, 0.29) is 0 Å². The predicted octanol–water partition coefficient (Wildman–Crippen LogP) is 1.03. The molecule has 0 amide bonds. The van der Waals surface area contributed by atoms with Crippen LogP contribution < -0.4 is 0 Å². The molecule has 0 atom stereocenters. The maximum Gasteiger partial charge on any atom is 0.108 e. The summed E-state index contributed by atoms with van der Waals surface area (Å²) in [4.78, 5) is 5.12. The van der Waals surface area contributed by atoms with Crippen LogP contribution in [0.3, 0.4) is 0 Å². The van der Waals surface area contributed by atoms with Gasteiger partial charge in [-0.1, -0.05) is 6.92 Å². The molecule has 50 valence electrons. The van der Waals surface area contributed by atoms with Crippen LogP contribution in [-0.2, 0) is 4.84 Å². The third-order valence-electron chi connectivity index (χ3n) is 1.26. The lowest BCUT2D eigenvalue weighted by Crippen LogP contribution is -2.38. The summed E-state index contributed by atoms with van der Waals surface area (Å²) in [6, 6.07) is 0. The molecule has 2 nitrogen and oxygen atoms in total. The van der Waals surface area contributed by atoms with E-state index in [2.05, 4.69) is 6.92 Å². The lowest BCUT2D eigenvalue weighted by molar-refractivity contribution is -1.07. The van der Waals surface area contributed by atoms with Crippen molar-refractivity contribution in [1.29, 1.82) is 0 Å². The van der Waals surface area contributed by atoms with E-state index in [0.29, 0.717) is 4.65 Å². The fourth-order valence-electron chi connectivity index (χ4n) is 0.630. The monoisotopic (exact) mass is 118 g/mol. The molecular formula is C6H16NO+. The molecule has 0 spiro atoms. The van der Waals surface area contributed by atoms with E-state index >= 15 is 0 Å². The smallest absolute Gasteiger partial charge is 0.108 e. The van der Waals surface area contributed by atoms with Crippen molar-refractivity contribution in [3.8, 4) is 0 Å². The molecule has 0 fully saturated rings. The summed E-state index contributed by atoms with van der Waals surface area (Å²) in [5, 5.41) is 0. The molecule has 0 aromatic heterocycles. The number of hydrogen-bond donors (Lipinski definition) is 0. The zero-order chi connectivity index (χ0) is 6.62. The fourth-order valence-corrected chi connectivity index (χ4v) is 0.630. The third kappa shape index (κ3) is 2.99. The molecule has 0 aromatic carbocycles. The molecule has 0 aliphatic heterocycles. The average Bonchev–Trinajstić information content (AvgIpc) is 1.67. The number of quaternary nitrogens is 1. The van der Waals surface area contributed by atoms with Crippen LogP contribution in [0, 0.1) is 0 Å². The molecule has 0 aliphatic carbocycles. The topological polar surface area (TPSA) is 9.23 Å². The van der Waals surface area contributed by atoms with Gasteiger partial charge in [0.05, 0.1) is 21.2 Å². The normalized spacial score (nSPS) is 12.0. The number of hydrogen-bond acceptors (Lipinski definition) is 1. The maximum atomic E-state index is 5.12. The zero-order valence-corrected chi connectivity index (χ0v) is 6.27. The summed E-state index contributed by atoms with van der Waals surface area (Å²) < 4.78 is 0.663. The highest BCUT2D eigenvalue weighted by atomic mass is 16.7. The highest BCUT2D eigenvalue weighted by molar-refractivity contribution is 4.17. The SMILES string of the molecule is CCC[N+](C)(C)OC. The molecule has 0 saturated carbocycles. The van der Waals surface area contributed by atoms with Gasteiger partial charge in [-0.3, -0.25) is 0 Å². The first-order valence-corrected chi connectivity index (χ1v) is 3.01. The molecule has 0 saturated heterocycles. The van der Waals surface area contributed by atoms with E-state index in [9.17, 15) is 0 Å². The molecule has 0 aromatic rings. The molecule has 0 heterocycles. The second kappa shape index (κ2) is 3.05. The van der Waals surface area contributed by atoms with Gasteiger partial charge in [-0.15, -0.1) is 0 Å². The van der Waals surface area contributed by atoms with E-state index in [1.165, 1.54) is 6.42 Å². The molecule has 8 heavy (non-hydrogen) atoms. The minimum Gasteiger partial charge on any atom is -0.207 e. The van der Waals surface area contributed by atoms with Crippen molar-refractivity contribution >= 4 is 0 Å². The van der Waals surface area contributed by atoms with Gasteiger partial charge in [-0.05, 0) is 6.42 Å². The Kier molecular flexibility index (Phi) is 3.02. The predicted molar refractivity (Wildman–Crippen MR) is 34.3 cm³/mol. The first-order chi connectivity index (χ1) is 3.62. The van der Waals surface area contributed by atoms with E-state index < -0.39 is 0 Å². The Morgan fingerprint density at radius 3 is 2.00 bits per heavy atom. The van der Waals surface area contributed by atoms with Crippen LogP contribution >= 0.6 is 0 Å². The van der Waals surface area contributed by atoms with E-state index in [4.69, 9.17) is 4.84 Å². The molecule has 0 bridgehead atoms. The zero-order valence-electron chi connectivity index (χ0n) is 6.27. The average molecular weight is 118 g/mol. The van der Waals surface area contributed by atoms with Crippen molar-refractivity contribution < 1.29 is 9.48 Å². The Bertz CT molecular complexity index is 61.5. The van der Waals surface area contributed by atoms with Crippen molar-refractivity contribution in [2.75, 3.05) is 27.7 Å². The second-order valence-corrected chi connectivity index (χ2v) is 2.48. The molecule has 0 rings (SSSR count).